The lowest BCUT2D eigenvalue weighted by molar-refractivity contribution is 0.634. The highest BCUT2D eigenvalue weighted by molar-refractivity contribution is 8.01. The first-order valence-corrected chi connectivity index (χ1v) is 8.67. The molecule has 1 aromatic carbocycles. The van der Waals surface area contributed by atoms with Gasteiger partial charge < -0.3 is 5.73 Å². The molecule has 0 spiro atoms. The third-order valence-corrected chi connectivity index (χ3v) is 5.50. The molecule has 2 rings (SSSR count). The quantitative estimate of drug-likeness (QED) is 0.802. The van der Waals surface area contributed by atoms with E-state index < -0.39 is 0 Å². The molecule has 0 radical (unpaired) electrons. The summed E-state index contributed by atoms with van der Waals surface area (Å²) < 4.78 is 5.30. The summed E-state index contributed by atoms with van der Waals surface area (Å²) in [5.41, 5.74) is 7.42. The average molecular weight is 328 g/mol. The summed E-state index contributed by atoms with van der Waals surface area (Å²) in [5, 5.41) is 0.888. The van der Waals surface area contributed by atoms with Crippen LogP contribution >= 0.6 is 34.9 Å². The minimum Gasteiger partial charge on any atom is -0.326 e. The Hall–Kier alpha value is -0.620. The molecule has 3 nitrogen and oxygen atoms in total. The van der Waals surface area contributed by atoms with E-state index in [-0.39, 0.29) is 11.3 Å². The highest BCUT2D eigenvalue weighted by atomic mass is 35.5. The third kappa shape index (κ3) is 3.95. The lowest BCUT2D eigenvalue weighted by Crippen LogP contribution is -2.25. The molecule has 0 aliphatic heterocycles. The lowest BCUT2D eigenvalue weighted by Gasteiger charge is -2.21. The van der Waals surface area contributed by atoms with Crippen molar-refractivity contribution < 1.29 is 0 Å². The second kappa shape index (κ2) is 7.41. The van der Waals surface area contributed by atoms with Crippen LogP contribution in [0.15, 0.2) is 28.6 Å². The minimum atomic E-state index is 0.0624. The summed E-state index contributed by atoms with van der Waals surface area (Å²) >= 11 is 9.21. The van der Waals surface area contributed by atoms with Crippen molar-refractivity contribution in [2.75, 3.05) is 0 Å². The molecule has 0 saturated carbocycles. The van der Waals surface area contributed by atoms with Crippen molar-refractivity contribution in [3.05, 3.63) is 40.7 Å². The maximum absolute atomic E-state index is 6.28. The first-order valence-electron chi connectivity index (χ1n) is 6.64. The highest BCUT2D eigenvalue weighted by Crippen LogP contribution is 2.39. The number of thioether (sulfide) groups is 1. The number of nitrogens with two attached hydrogens (primary N) is 1. The van der Waals surface area contributed by atoms with Gasteiger partial charge in [0.25, 0.3) is 0 Å². The Labute approximate surface area is 133 Å². The van der Waals surface area contributed by atoms with Crippen molar-refractivity contribution in [3.63, 3.8) is 0 Å². The maximum atomic E-state index is 6.28. The molecule has 0 amide bonds. The molecule has 6 heteroatoms. The van der Waals surface area contributed by atoms with Crippen LogP contribution in [0.25, 0.3) is 0 Å². The zero-order chi connectivity index (χ0) is 14.5. The monoisotopic (exact) mass is 327 g/mol. The molecule has 0 aliphatic carbocycles. The van der Waals surface area contributed by atoms with E-state index in [9.17, 15) is 0 Å². The minimum absolute atomic E-state index is 0.0624. The number of hydrogen-bond acceptors (Lipinski definition) is 5. The highest BCUT2D eigenvalue weighted by Gasteiger charge is 2.22. The van der Waals surface area contributed by atoms with Gasteiger partial charge in [-0.2, -0.15) is 4.37 Å². The van der Waals surface area contributed by atoms with Crippen molar-refractivity contribution in [2.24, 2.45) is 5.73 Å². The van der Waals surface area contributed by atoms with Crippen molar-refractivity contribution in [2.45, 2.75) is 42.3 Å². The molecule has 1 heterocycles. The Morgan fingerprint density at radius 3 is 2.80 bits per heavy atom. The Bertz CT molecular complexity index is 559. The molecule has 0 aliphatic rings. The number of aryl methyl sites for hydroxylation is 1. The van der Waals surface area contributed by atoms with Gasteiger partial charge in [0, 0.05) is 17.5 Å². The predicted octanol–water partition coefficient (Wildman–Crippen LogP) is 4.32. The van der Waals surface area contributed by atoms with Crippen LogP contribution in [-0.4, -0.2) is 15.4 Å². The summed E-state index contributed by atoms with van der Waals surface area (Å²) in [5.74, 6) is 0.896. The summed E-state index contributed by atoms with van der Waals surface area (Å²) in [4.78, 5) is 4.51. The van der Waals surface area contributed by atoms with Gasteiger partial charge in [-0.3, -0.25) is 0 Å². The van der Waals surface area contributed by atoms with E-state index in [1.807, 2.05) is 18.2 Å². The molecule has 2 atom stereocenters. The molecule has 0 bridgehead atoms. The molecule has 1 aromatic heterocycles. The fraction of sp³-hybridized carbons (Fsp3) is 0.429. The molecular weight excluding hydrogens is 310 g/mol. The van der Waals surface area contributed by atoms with Crippen LogP contribution in [0, 0.1) is 0 Å². The third-order valence-electron chi connectivity index (χ3n) is 3.03. The molecule has 20 heavy (non-hydrogen) atoms. The molecule has 2 aromatic rings. The Balaban J connectivity index is 2.23. The Morgan fingerprint density at radius 2 is 2.20 bits per heavy atom. The number of benzene rings is 1. The molecule has 0 fully saturated rings. The first-order chi connectivity index (χ1) is 9.63. The van der Waals surface area contributed by atoms with Crippen molar-refractivity contribution in [1.82, 2.24) is 9.36 Å². The van der Waals surface area contributed by atoms with E-state index in [0.29, 0.717) is 0 Å². The van der Waals surface area contributed by atoms with Crippen molar-refractivity contribution >= 4 is 34.9 Å². The molecule has 2 N–H and O–H groups in total. The van der Waals surface area contributed by atoms with Crippen LogP contribution in [0.1, 0.15) is 36.9 Å². The smallest absolute Gasteiger partial charge is 0.170 e. The van der Waals surface area contributed by atoms with Crippen LogP contribution in [0.5, 0.6) is 0 Å². The maximum Gasteiger partial charge on any atom is 0.170 e. The van der Waals surface area contributed by atoms with E-state index in [0.717, 1.165) is 33.6 Å². The van der Waals surface area contributed by atoms with Gasteiger partial charge in [-0.1, -0.05) is 49.3 Å². The van der Waals surface area contributed by atoms with Crippen molar-refractivity contribution in [1.29, 1.82) is 0 Å². The van der Waals surface area contributed by atoms with Gasteiger partial charge in [0.15, 0.2) is 4.34 Å². The van der Waals surface area contributed by atoms with Gasteiger partial charge in [0.1, 0.15) is 5.82 Å². The normalized spacial score (nSPS) is 14.2. The van der Waals surface area contributed by atoms with Gasteiger partial charge in [-0.15, -0.1) is 0 Å². The van der Waals surface area contributed by atoms with Gasteiger partial charge in [0.05, 0.1) is 5.25 Å². The second-order valence-corrected chi connectivity index (χ2v) is 7.07. The van der Waals surface area contributed by atoms with E-state index >= 15 is 0 Å². The van der Waals surface area contributed by atoms with Crippen LogP contribution in [0.3, 0.4) is 0 Å². The van der Waals surface area contributed by atoms with E-state index in [1.165, 1.54) is 11.5 Å². The van der Waals surface area contributed by atoms with Crippen LogP contribution < -0.4 is 5.73 Å². The fourth-order valence-electron chi connectivity index (χ4n) is 1.84. The number of halogens is 1. The number of aromatic nitrogens is 2. The SMILES string of the molecule is CCc1nsc(SC(c2cccc(Cl)c2)C(N)CC)n1. The zero-order valence-electron chi connectivity index (χ0n) is 11.5. The van der Waals surface area contributed by atoms with E-state index in [1.54, 1.807) is 11.8 Å². The molecule has 0 saturated heterocycles. The summed E-state index contributed by atoms with van der Waals surface area (Å²) in [6, 6.07) is 7.96. The molecule has 108 valence electrons. The Morgan fingerprint density at radius 1 is 1.40 bits per heavy atom. The lowest BCUT2D eigenvalue weighted by atomic mass is 10.0. The van der Waals surface area contributed by atoms with Crippen molar-refractivity contribution in [3.8, 4) is 0 Å². The van der Waals surface area contributed by atoms with Crippen LogP contribution in [0.4, 0.5) is 0 Å². The Kier molecular flexibility index (Phi) is 5.84. The standard InChI is InChI=1S/C14H18ClN3S2/c1-3-11(16)13(9-6-5-7-10(15)8-9)19-14-17-12(4-2)18-20-14/h5-8,11,13H,3-4,16H2,1-2H3. The average Bonchev–Trinajstić information content (AvgIpc) is 2.91. The summed E-state index contributed by atoms with van der Waals surface area (Å²) in [6.45, 7) is 4.16. The van der Waals surface area contributed by atoms with E-state index in [2.05, 4.69) is 29.3 Å². The predicted molar refractivity (Wildman–Crippen MR) is 87.6 cm³/mol. The topological polar surface area (TPSA) is 51.8 Å². The van der Waals surface area contributed by atoms with Gasteiger partial charge >= 0.3 is 0 Å². The first kappa shape index (κ1) is 15.8. The fourth-order valence-corrected chi connectivity index (χ4v) is 4.16. The number of rotatable bonds is 6. The van der Waals surface area contributed by atoms with E-state index in [4.69, 9.17) is 17.3 Å². The summed E-state index contributed by atoms with van der Waals surface area (Å²) in [7, 11) is 0. The second-order valence-electron chi connectivity index (χ2n) is 4.50. The number of nitrogens with zero attached hydrogens (tertiary/aromatic N) is 2. The molecular formula is C14H18ClN3S2. The molecule has 2 unspecified atom stereocenters. The van der Waals surface area contributed by atoms with Gasteiger partial charge in [-0.05, 0) is 35.6 Å². The summed E-state index contributed by atoms with van der Waals surface area (Å²) in [6.07, 6.45) is 1.77. The van der Waals surface area contributed by atoms with Gasteiger partial charge in [-0.25, -0.2) is 4.98 Å². The van der Waals surface area contributed by atoms with Crippen LogP contribution in [-0.2, 0) is 6.42 Å². The zero-order valence-corrected chi connectivity index (χ0v) is 13.9. The van der Waals surface area contributed by atoms with Gasteiger partial charge in [0.2, 0.25) is 0 Å². The van der Waals surface area contributed by atoms with Crippen LogP contribution in [0.2, 0.25) is 5.02 Å². The largest absolute Gasteiger partial charge is 0.326 e. The number of hydrogen-bond donors (Lipinski definition) is 1.